The molecule has 20 heavy (non-hydrogen) atoms. The number of hydrogen-bond acceptors (Lipinski definition) is 6. The predicted octanol–water partition coefficient (Wildman–Crippen LogP) is 1.36. The van der Waals surface area contributed by atoms with Gasteiger partial charge in [0.15, 0.2) is 0 Å². The molecule has 3 rings (SSSR count). The molecule has 1 atom stereocenters. The van der Waals surface area contributed by atoms with Gasteiger partial charge in [0, 0.05) is 50.0 Å². The molecule has 2 N–H and O–H groups in total. The number of anilines is 1. The van der Waals surface area contributed by atoms with Crippen LogP contribution in [0.25, 0.3) is 0 Å². The van der Waals surface area contributed by atoms with Crippen LogP contribution in [0.4, 0.5) is 5.95 Å². The molecular formula is C14H19N5S. The van der Waals surface area contributed by atoms with Gasteiger partial charge in [-0.2, -0.15) is 0 Å². The molecular weight excluding hydrogens is 270 g/mol. The highest BCUT2D eigenvalue weighted by molar-refractivity contribution is 7.10. The van der Waals surface area contributed by atoms with E-state index in [2.05, 4.69) is 37.3 Å². The van der Waals surface area contributed by atoms with Crippen molar-refractivity contribution in [2.45, 2.75) is 6.04 Å². The van der Waals surface area contributed by atoms with Crippen LogP contribution in [0.2, 0.25) is 0 Å². The molecule has 1 aliphatic heterocycles. The molecule has 3 heterocycles. The van der Waals surface area contributed by atoms with Gasteiger partial charge in [-0.1, -0.05) is 6.07 Å². The Bertz CT molecular complexity index is 508. The summed E-state index contributed by atoms with van der Waals surface area (Å²) >= 11 is 1.73. The second-order valence-corrected chi connectivity index (χ2v) is 5.94. The van der Waals surface area contributed by atoms with Crippen LogP contribution in [0.15, 0.2) is 36.0 Å². The highest BCUT2D eigenvalue weighted by Gasteiger charge is 2.20. The van der Waals surface area contributed by atoms with Gasteiger partial charge < -0.3 is 10.6 Å². The number of hydrogen-bond donors (Lipinski definition) is 1. The standard InChI is InChI=1S/C14H19N5S/c15-12(13-3-1-10-20-13)11-18-6-8-19(9-7-18)14-16-4-2-5-17-14/h1-5,10,12H,6-9,11,15H2. The SMILES string of the molecule is NC(CN1CCN(c2ncccn2)CC1)c1cccs1. The van der Waals surface area contributed by atoms with Crippen molar-refractivity contribution in [3.63, 3.8) is 0 Å². The fraction of sp³-hybridized carbons (Fsp3) is 0.429. The summed E-state index contributed by atoms with van der Waals surface area (Å²) in [6, 6.07) is 6.14. The first kappa shape index (κ1) is 13.5. The Kier molecular flexibility index (Phi) is 4.25. The summed E-state index contributed by atoms with van der Waals surface area (Å²) in [6.07, 6.45) is 3.59. The normalized spacial score (nSPS) is 18.1. The Hall–Kier alpha value is -1.50. The molecule has 5 nitrogen and oxygen atoms in total. The molecule has 0 amide bonds. The summed E-state index contributed by atoms with van der Waals surface area (Å²) in [5.74, 6) is 0.828. The minimum Gasteiger partial charge on any atom is -0.338 e. The fourth-order valence-corrected chi connectivity index (χ4v) is 3.18. The predicted molar refractivity (Wildman–Crippen MR) is 81.9 cm³/mol. The lowest BCUT2D eigenvalue weighted by atomic mass is 10.2. The van der Waals surface area contributed by atoms with Gasteiger partial charge in [-0.15, -0.1) is 11.3 Å². The maximum atomic E-state index is 6.25. The lowest BCUT2D eigenvalue weighted by Gasteiger charge is -2.35. The van der Waals surface area contributed by atoms with E-state index in [1.165, 1.54) is 4.88 Å². The van der Waals surface area contributed by atoms with Crippen LogP contribution in [0.1, 0.15) is 10.9 Å². The van der Waals surface area contributed by atoms with Gasteiger partial charge in [0.1, 0.15) is 0 Å². The third-order valence-electron chi connectivity index (χ3n) is 3.57. The van der Waals surface area contributed by atoms with E-state index >= 15 is 0 Å². The van der Waals surface area contributed by atoms with E-state index in [1.807, 2.05) is 6.07 Å². The Labute approximate surface area is 123 Å². The van der Waals surface area contributed by atoms with E-state index in [9.17, 15) is 0 Å². The van der Waals surface area contributed by atoms with Crippen LogP contribution < -0.4 is 10.6 Å². The third kappa shape index (κ3) is 3.15. The topological polar surface area (TPSA) is 58.3 Å². The quantitative estimate of drug-likeness (QED) is 0.921. The minimum absolute atomic E-state index is 0.120. The number of thiophene rings is 1. The van der Waals surface area contributed by atoms with Crippen molar-refractivity contribution < 1.29 is 0 Å². The average Bonchev–Trinajstić information content (AvgIpc) is 3.03. The minimum atomic E-state index is 0.120. The first-order chi connectivity index (χ1) is 9.83. The second kappa shape index (κ2) is 6.30. The van der Waals surface area contributed by atoms with Crippen molar-refractivity contribution in [2.24, 2.45) is 5.73 Å². The molecule has 0 saturated carbocycles. The molecule has 0 spiro atoms. The smallest absolute Gasteiger partial charge is 0.225 e. The maximum Gasteiger partial charge on any atom is 0.225 e. The van der Waals surface area contributed by atoms with Crippen LogP contribution in [0.5, 0.6) is 0 Å². The van der Waals surface area contributed by atoms with E-state index in [0.717, 1.165) is 38.7 Å². The van der Waals surface area contributed by atoms with E-state index < -0.39 is 0 Å². The van der Waals surface area contributed by atoms with Crippen LogP contribution in [0, 0.1) is 0 Å². The Morgan fingerprint density at radius 2 is 1.90 bits per heavy atom. The zero-order chi connectivity index (χ0) is 13.8. The number of rotatable bonds is 4. The monoisotopic (exact) mass is 289 g/mol. The lowest BCUT2D eigenvalue weighted by Crippen LogP contribution is -2.48. The first-order valence-electron chi connectivity index (χ1n) is 6.86. The van der Waals surface area contributed by atoms with Crippen LogP contribution >= 0.6 is 11.3 Å². The first-order valence-corrected chi connectivity index (χ1v) is 7.74. The van der Waals surface area contributed by atoms with Gasteiger partial charge in [0.2, 0.25) is 5.95 Å². The van der Waals surface area contributed by atoms with E-state index in [1.54, 1.807) is 23.7 Å². The summed E-state index contributed by atoms with van der Waals surface area (Å²) in [6.45, 7) is 4.86. The largest absolute Gasteiger partial charge is 0.338 e. The van der Waals surface area contributed by atoms with E-state index in [-0.39, 0.29) is 6.04 Å². The Morgan fingerprint density at radius 1 is 1.15 bits per heavy atom. The van der Waals surface area contributed by atoms with Crippen molar-refractivity contribution >= 4 is 17.3 Å². The number of nitrogens with zero attached hydrogens (tertiary/aromatic N) is 4. The van der Waals surface area contributed by atoms with Crippen LogP contribution in [0.3, 0.4) is 0 Å². The molecule has 0 aliphatic carbocycles. The summed E-state index contributed by atoms with van der Waals surface area (Å²) < 4.78 is 0. The summed E-state index contributed by atoms with van der Waals surface area (Å²) in [5.41, 5.74) is 6.25. The zero-order valence-electron chi connectivity index (χ0n) is 11.4. The van der Waals surface area contributed by atoms with Gasteiger partial charge in [0.25, 0.3) is 0 Å². The zero-order valence-corrected chi connectivity index (χ0v) is 12.2. The van der Waals surface area contributed by atoms with Gasteiger partial charge in [-0.05, 0) is 17.5 Å². The van der Waals surface area contributed by atoms with Gasteiger partial charge in [-0.25, -0.2) is 9.97 Å². The molecule has 1 aliphatic rings. The maximum absolute atomic E-state index is 6.25. The van der Waals surface area contributed by atoms with Crippen molar-refractivity contribution in [3.8, 4) is 0 Å². The van der Waals surface area contributed by atoms with Crippen molar-refractivity contribution in [2.75, 3.05) is 37.6 Å². The molecule has 2 aromatic heterocycles. The van der Waals surface area contributed by atoms with Gasteiger partial charge in [0.05, 0.1) is 6.04 Å². The molecule has 6 heteroatoms. The molecule has 1 unspecified atom stereocenters. The Balaban J connectivity index is 1.51. The number of nitrogens with two attached hydrogens (primary N) is 1. The summed E-state index contributed by atoms with van der Waals surface area (Å²) in [4.78, 5) is 14.5. The molecule has 2 aromatic rings. The molecule has 0 radical (unpaired) electrons. The average molecular weight is 289 g/mol. The third-order valence-corrected chi connectivity index (χ3v) is 4.58. The lowest BCUT2D eigenvalue weighted by molar-refractivity contribution is 0.243. The van der Waals surface area contributed by atoms with Crippen LogP contribution in [-0.4, -0.2) is 47.6 Å². The second-order valence-electron chi connectivity index (χ2n) is 4.96. The van der Waals surface area contributed by atoms with E-state index in [0.29, 0.717) is 0 Å². The highest BCUT2D eigenvalue weighted by Crippen LogP contribution is 2.18. The van der Waals surface area contributed by atoms with Gasteiger partial charge >= 0.3 is 0 Å². The molecule has 106 valence electrons. The Morgan fingerprint density at radius 3 is 2.55 bits per heavy atom. The fourth-order valence-electron chi connectivity index (χ4n) is 2.46. The summed E-state index contributed by atoms with van der Waals surface area (Å²) in [7, 11) is 0. The van der Waals surface area contributed by atoms with Crippen LogP contribution in [-0.2, 0) is 0 Å². The van der Waals surface area contributed by atoms with Crippen molar-refractivity contribution in [1.29, 1.82) is 0 Å². The molecule has 1 fully saturated rings. The molecule has 1 saturated heterocycles. The van der Waals surface area contributed by atoms with Crippen molar-refractivity contribution in [1.82, 2.24) is 14.9 Å². The van der Waals surface area contributed by atoms with E-state index in [4.69, 9.17) is 5.73 Å². The van der Waals surface area contributed by atoms with Gasteiger partial charge in [-0.3, -0.25) is 4.90 Å². The number of piperazine rings is 1. The molecule has 0 bridgehead atoms. The molecule has 0 aromatic carbocycles. The summed E-state index contributed by atoms with van der Waals surface area (Å²) in [5, 5.41) is 2.08. The van der Waals surface area contributed by atoms with Crippen molar-refractivity contribution in [3.05, 3.63) is 40.8 Å². The highest BCUT2D eigenvalue weighted by atomic mass is 32.1. The number of aromatic nitrogens is 2.